The number of hydrogen-bond acceptors (Lipinski definition) is 2. The molecule has 1 aliphatic rings. The summed E-state index contributed by atoms with van der Waals surface area (Å²) in [5.74, 6) is 0.0657. The minimum atomic E-state index is -0.265. The highest BCUT2D eigenvalue weighted by Crippen LogP contribution is 2.20. The van der Waals surface area contributed by atoms with Gasteiger partial charge in [0.15, 0.2) is 0 Å². The smallest absolute Gasteiger partial charge is 0.275 e. The zero-order valence-electron chi connectivity index (χ0n) is 12.2. The van der Waals surface area contributed by atoms with Crippen molar-refractivity contribution in [3.63, 3.8) is 0 Å². The Morgan fingerprint density at radius 3 is 2.74 bits per heavy atom. The number of benzene rings is 2. The van der Waals surface area contributed by atoms with Crippen LogP contribution in [0, 0.1) is 5.82 Å². The lowest BCUT2D eigenvalue weighted by Crippen LogP contribution is -2.24. The molecule has 0 fully saturated rings. The molecule has 2 aromatic rings. The van der Waals surface area contributed by atoms with Crippen molar-refractivity contribution >= 4 is 29.4 Å². The summed E-state index contributed by atoms with van der Waals surface area (Å²) in [6.07, 6.45) is 2.80. The van der Waals surface area contributed by atoms with E-state index in [2.05, 4.69) is 10.3 Å². The van der Waals surface area contributed by atoms with Gasteiger partial charge in [-0.25, -0.2) is 9.38 Å². The number of carbonyl (C=O) groups is 1. The van der Waals surface area contributed by atoms with Crippen molar-refractivity contribution < 1.29 is 9.18 Å². The molecule has 0 aromatic heterocycles. The van der Waals surface area contributed by atoms with Crippen LogP contribution in [0.4, 0.5) is 4.39 Å². The van der Waals surface area contributed by atoms with Crippen molar-refractivity contribution in [2.45, 2.75) is 12.8 Å². The number of rotatable bonds is 4. The molecule has 1 heterocycles. The van der Waals surface area contributed by atoms with E-state index >= 15 is 0 Å². The van der Waals surface area contributed by atoms with E-state index in [4.69, 9.17) is 11.6 Å². The number of carbonyl (C=O) groups excluding carboxylic acids is 1. The summed E-state index contributed by atoms with van der Waals surface area (Å²) in [5.41, 5.74) is 1.94. The van der Waals surface area contributed by atoms with Crippen LogP contribution in [-0.4, -0.2) is 11.7 Å². The van der Waals surface area contributed by atoms with Crippen LogP contribution in [0.15, 0.2) is 59.2 Å². The first-order valence-electron chi connectivity index (χ1n) is 7.21. The summed E-state index contributed by atoms with van der Waals surface area (Å²) in [7, 11) is 0. The molecule has 0 atom stereocenters. The molecule has 1 aliphatic heterocycles. The van der Waals surface area contributed by atoms with Crippen molar-refractivity contribution in [1.29, 1.82) is 0 Å². The topological polar surface area (TPSA) is 41.5 Å². The van der Waals surface area contributed by atoms with Crippen molar-refractivity contribution in [2.75, 3.05) is 0 Å². The molecule has 0 radical (unpaired) electrons. The molecular formula is C18H14ClFN2O. The normalized spacial score (nSPS) is 15.7. The summed E-state index contributed by atoms with van der Waals surface area (Å²) in [6.45, 7) is 0. The van der Waals surface area contributed by atoms with E-state index in [0.717, 1.165) is 11.1 Å². The largest absolute Gasteiger partial charge is 0.309 e. The predicted octanol–water partition coefficient (Wildman–Crippen LogP) is 3.98. The molecule has 0 unspecified atom stereocenters. The van der Waals surface area contributed by atoms with Crippen LogP contribution < -0.4 is 5.32 Å². The molecule has 1 amide bonds. The zero-order valence-corrected chi connectivity index (χ0v) is 13.0. The molecule has 1 N–H and O–H groups in total. The van der Waals surface area contributed by atoms with Crippen molar-refractivity contribution in [3.8, 4) is 0 Å². The Balaban J connectivity index is 1.73. The van der Waals surface area contributed by atoms with Gasteiger partial charge in [0.2, 0.25) is 0 Å². The van der Waals surface area contributed by atoms with Gasteiger partial charge in [-0.3, -0.25) is 4.79 Å². The van der Waals surface area contributed by atoms with Crippen molar-refractivity contribution in [2.24, 2.45) is 4.99 Å². The van der Waals surface area contributed by atoms with Crippen LogP contribution in [-0.2, 0) is 11.2 Å². The summed E-state index contributed by atoms with van der Waals surface area (Å²) in [6, 6.07) is 13.7. The van der Waals surface area contributed by atoms with E-state index in [9.17, 15) is 9.18 Å². The number of halogens is 2. The summed E-state index contributed by atoms with van der Waals surface area (Å²) in [5, 5.41) is 3.30. The molecule has 2 aromatic carbocycles. The third kappa shape index (κ3) is 3.85. The number of hydrogen-bond donors (Lipinski definition) is 1. The Hall–Kier alpha value is -2.46. The highest BCUT2D eigenvalue weighted by molar-refractivity contribution is 6.32. The number of amidine groups is 1. The Kier molecular flexibility index (Phi) is 4.53. The molecule has 0 aliphatic carbocycles. The van der Waals surface area contributed by atoms with Gasteiger partial charge >= 0.3 is 0 Å². The van der Waals surface area contributed by atoms with E-state index < -0.39 is 0 Å². The molecule has 3 rings (SSSR count). The van der Waals surface area contributed by atoms with Gasteiger partial charge < -0.3 is 5.32 Å². The molecule has 0 bridgehead atoms. The number of amides is 1. The van der Waals surface area contributed by atoms with Crippen molar-refractivity contribution in [1.82, 2.24) is 5.32 Å². The number of aliphatic imine (C=N–C) groups is 1. The van der Waals surface area contributed by atoms with Crippen LogP contribution in [0.25, 0.3) is 6.08 Å². The van der Waals surface area contributed by atoms with E-state index in [-0.39, 0.29) is 11.7 Å². The van der Waals surface area contributed by atoms with Crippen LogP contribution in [0.5, 0.6) is 0 Å². The molecule has 3 nitrogen and oxygen atoms in total. The summed E-state index contributed by atoms with van der Waals surface area (Å²) >= 11 is 6.08. The molecular weight excluding hydrogens is 315 g/mol. The minimum absolute atomic E-state index is 0.251. The molecule has 5 heteroatoms. The predicted molar refractivity (Wildman–Crippen MR) is 89.7 cm³/mol. The van der Waals surface area contributed by atoms with E-state index in [1.807, 2.05) is 24.3 Å². The van der Waals surface area contributed by atoms with Gasteiger partial charge in [-0.1, -0.05) is 41.9 Å². The van der Waals surface area contributed by atoms with Crippen LogP contribution in [0.1, 0.15) is 17.5 Å². The molecule has 0 saturated heterocycles. The molecule has 0 spiro atoms. The fourth-order valence-corrected chi connectivity index (χ4v) is 2.52. The van der Waals surface area contributed by atoms with Gasteiger partial charge in [0.25, 0.3) is 5.91 Å². The maximum absolute atomic E-state index is 13.2. The lowest BCUT2D eigenvalue weighted by molar-refractivity contribution is -0.115. The second kappa shape index (κ2) is 6.75. The van der Waals surface area contributed by atoms with Gasteiger partial charge in [0.05, 0.1) is 0 Å². The minimum Gasteiger partial charge on any atom is -0.309 e. The highest BCUT2D eigenvalue weighted by Gasteiger charge is 2.19. The Labute approximate surface area is 138 Å². The molecule has 116 valence electrons. The van der Waals surface area contributed by atoms with E-state index in [1.54, 1.807) is 18.2 Å². The standard InChI is InChI=1S/C18H14ClFN2O/c19-15-7-2-1-5-13(15)11-16-18(23)22-17(21-16)9-8-12-4-3-6-14(20)10-12/h1-7,10-11H,8-9H2,(H,21,22,23)/b16-11-. The first-order chi connectivity index (χ1) is 11.1. The first kappa shape index (κ1) is 15.4. The maximum atomic E-state index is 13.2. The fourth-order valence-electron chi connectivity index (χ4n) is 2.33. The number of nitrogens with zero attached hydrogens (tertiary/aromatic N) is 1. The maximum Gasteiger partial charge on any atom is 0.275 e. The number of nitrogens with one attached hydrogen (secondary N) is 1. The average Bonchev–Trinajstić information content (AvgIpc) is 2.88. The number of aryl methyl sites for hydroxylation is 1. The lowest BCUT2D eigenvalue weighted by Gasteiger charge is -2.01. The molecule has 23 heavy (non-hydrogen) atoms. The Bertz CT molecular complexity index is 814. The van der Waals surface area contributed by atoms with Crippen LogP contribution >= 0.6 is 11.6 Å². The van der Waals surface area contributed by atoms with Crippen LogP contribution in [0.2, 0.25) is 5.02 Å². The van der Waals surface area contributed by atoms with Crippen molar-refractivity contribution in [3.05, 3.63) is 76.2 Å². The van der Waals surface area contributed by atoms with Gasteiger partial charge in [-0.2, -0.15) is 0 Å². The summed E-state index contributed by atoms with van der Waals surface area (Å²) in [4.78, 5) is 16.3. The fraction of sp³-hybridized carbons (Fsp3) is 0.111. The van der Waals surface area contributed by atoms with Gasteiger partial charge in [-0.05, 0) is 41.8 Å². The van der Waals surface area contributed by atoms with E-state index in [1.165, 1.54) is 12.1 Å². The third-order valence-corrected chi connectivity index (χ3v) is 3.83. The Morgan fingerprint density at radius 1 is 1.13 bits per heavy atom. The van der Waals surface area contributed by atoms with Gasteiger partial charge in [0.1, 0.15) is 17.3 Å². The quantitative estimate of drug-likeness (QED) is 0.847. The lowest BCUT2D eigenvalue weighted by atomic mass is 10.1. The van der Waals surface area contributed by atoms with Crippen LogP contribution in [0.3, 0.4) is 0 Å². The summed E-state index contributed by atoms with van der Waals surface area (Å²) < 4.78 is 13.2. The Morgan fingerprint density at radius 2 is 1.96 bits per heavy atom. The van der Waals surface area contributed by atoms with Gasteiger partial charge in [0, 0.05) is 11.4 Å². The third-order valence-electron chi connectivity index (χ3n) is 3.48. The SMILES string of the molecule is O=C1NC(CCc2cccc(F)c2)=N/C1=C\c1ccccc1Cl. The average molecular weight is 329 g/mol. The molecule has 0 saturated carbocycles. The van der Waals surface area contributed by atoms with E-state index in [0.29, 0.717) is 29.4 Å². The second-order valence-corrected chi connectivity index (χ2v) is 5.60. The monoisotopic (exact) mass is 328 g/mol. The zero-order chi connectivity index (χ0) is 16.2. The first-order valence-corrected chi connectivity index (χ1v) is 7.59. The second-order valence-electron chi connectivity index (χ2n) is 5.19. The van der Waals surface area contributed by atoms with Gasteiger partial charge in [-0.15, -0.1) is 0 Å². The highest BCUT2D eigenvalue weighted by atomic mass is 35.5.